The molecule has 5 aromatic rings. The van der Waals surface area contributed by atoms with E-state index in [0.717, 1.165) is 32.1 Å². The third kappa shape index (κ3) is 3.51. The van der Waals surface area contributed by atoms with E-state index < -0.39 is 0 Å². The summed E-state index contributed by atoms with van der Waals surface area (Å²) in [6.45, 7) is 0. The van der Waals surface area contributed by atoms with E-state index in [1.807, 2.05) is 0 Å². The van der Waals surface area contributed by atoms with Gasteiger partial charge in [0.05, 0.1) is 0 Å². The molecule has 8 rings (SSSR count). The quantitative estimate of drug-likeness (QED) is 0.240. The van der Waals surface area contributed by atoms with Crippen LogP contribution in [0.2, 0.25) is 0 Å². The molecule has 0 atom stereocenters. The van der Waals surface area contributed by atoms with Gasteiger partial charge in [-0.1, -0.05) is 114 Å². The molecule has 0 bridgehead atoms. The number of rotatable bonds is 4. The number of benzene rings is 5. The normalized spacial score (nSPS) is 14.7. The molecule has 0 N–H and O–H groups in total. The Bertz CT molecular complexity index is 1790. The van der Waals surface area contributed by atoms with E-state index in [0.29, 0.717) is 0 Å². The van der Waals surface area contributed by atoms with Crippen molar-refractivity contribution in [2.45, 2.75) is 32.1 Å². The van der Waals surface area contributed by atoms with Gasteiger partial charge in [-0.2, -0.15) is 0 Å². The van der Waals surface area contributed by atoms with Crippen LogP contribution in [0.1, 0.15) is 44.5 Å². The molecule has 0 radical (unpaired) electrons. The van der Waals surface area contributed by atoms with Gasteiger partial charge in [-0.3, -0.25) is 0 Å². The van der Waals surface area contributed by atoms with Gasteiger partial charge >= 0.3 is 0 Å². The summed E-state index contributed by atoms with van der Waals surface area (Å²) in [5.74, 6) is 0. The lowest BCUT2D eigenvalue weighted by molar-refractivity contribution is 1.07. The molecular weight excluding hydrogens is 444 g/mol. The molecule has 0 spiro atoms. The third-order valence-electron chi connectivity index (χ3n) is 8.59. The fraction of sp³-hybridized carbons (Fsp3) is 0.135. The van der Waals surface area contributed by atoms with E-state index in [2.05, 4.69) is 109 Å². The molecule has 0 saturated heterocycles. The highest BCUT2D eigenvalue weighted by atomic mass is 14.3. The van der Waals surface area contributed by atoms with Gasteiger partial charge in [0.25, 0.3) is 0 Å². The second kappa shape index (κ2) is 8.18. The molecule has 37 heavy (non-hydrogen) atoms. The van der Waals surface area contributed by atoms with E-state index in [9.17, 15) is 0 Å². The van der Waals surface area contributed by atoms with Crippen LogP contribution in [-0.4, -0.2) is 0 Å². The van der Waals surface area contributed by atoms with Gasteiger partial charge in [0.2, 0.25) is 0 Å². The summed E-state index contributed by atoms with van der Waals surface area (Å²) >= 11 is 0. The average molecular weight is 473 g/mol. The van der Waals surface area contributed by atoms with Crippen molar-refractivity contribution in [2.75, 3.05) is 0 Å². The number of fused-ring (bicyclic) bond motifs is 7. The first-order chi connectivity index (χ1) is 18.3. The lowest BCUT2D eigenvalue weighted by Crippen LogP contribution is -1.95. The van der Waals surface area contributed by atoms with Gasteiger partial charge in [0.1, 0.15) is 0 Å². The second-order valence-corrected chi connectivity index (χ2v) is 11.0. The molecule has 3 aliphatic rings. The van der Waals surface area contributed by atoms with Crippen LogP contribution in [0.3, 0.4) is 0 Å². The second-order valence-electron chi connectivity index (χ2n) is 11.0. The fourth-order valence-corrected chi connectivity index (χ4v) is 6.85. The zero-order valence-electron chi connectivity index (χ0n) is 20.9. The molecular formula is C37H28. The lowest BCUT2D eigenvalue weighted by Gasteiger charge is -2.13. The summed E-state index contributed by atoms with van der Waals surface area (Å²) < 4.78 is 0. The SMILES string of the molecule is C1=C(Cc2ccc3c(c2)-c2cc(CC4=Cc5ccccc5C4)c4ccccc4c2C3)Cc2ccccc21. The molecule has 5 aromatic carbocycles. The Labute approximate surface area is 218 Å². The summed E-state index contributed by atoms with van der Waals surface area (Å²) in [6.07, 6.45) is 10.0. The van der Waals surface area contributed by atoms with E-state index in [1.54, 1.807) is 0 Å². The molecule has 0 heteroatoms. The molecule has 0 heterocycles. The number of allylic oxidation sites excluding steroid dienone is 2. The number of hydrogen-bond donors (Lipinski definition) is 0. The summed E-state index contributed by atoms with van der Waals surface area (Å²) in [5, 5.41) is 2.85. The van der Waals surface area contributed by atoms with Crippen molar-refractivity contribution >= 4 is 22.9 Å². The van der Waals surface area contributed by atoms with E-state index >= 15 is 0 Å². The highest BCUT2D eigenvalue weighted by molar-refractivity contribution is 5.97. The molecule has 0 amide bonds. The fourth-order valence-electron chi connectivity index (χ4n) is 6.85. The Morgan fingerprint density at radius 2 is 1.14 bits per heavy atom. The minimum absolute atomic E-state index is 1.02. The smallest absolute Gasteiger partial charge is 0.000728 e. The molecule has 176 valence electrons. The first kappa shape index (κ1) is 21.0. The Hall–Kier alpha value is -4.16. The van der Waals surface area contributed by atoms with Crippen LogP contribution in [0.4, 0.5) is 0 Å². The first-order valence-electron chi connectivity index (χ1n) is 13.5. The molecule has 0 aromatic heterocycles. The predicted molar refractivity (Wildman–Crippen MR) is 156 cm³/mol. The van der Waals surface area contributed by atoms with Crippen LogP contribution in [0.5, 0.6) is 0 Å². The van der Waals surface area contributed by atoms with Crippen LogP contribution in [-0.2, 0) is 32.1 Å². The monoisotopic (exact) mass is 472 g/mol. The van der Waals surface area contributed by atoms with Crippen LogP contribution in [0, 0.1) is 0 Å². The maximum Gasteiger partial charge on any atom is -0.000728 e. The zero-order valence-corrected chi connectivity index (χ0v) is 20.9. The Balaban J connectivity index is 1.17. The summed E-state index contributed by atoms with van der Waals surface area (Å²) in [6, 6.07) is 36.5. The maximum absolute atomic E-state index is 2.52. The van der Waals surface area contributed by atoms with Crippen LogP contribution >= 0.6 is 0 Å². The molecule has 3 aliphatic carbocycles. The van der Waals surface area contributed by atoms with Gasteiger partial charge in [-0.05, 0) is 105 Å². The van der Waals surface area contributed by atoms with Crippen molar-refractivity contribution in [3.8, 4) is 11.1 Å². The van der Waals surface area contributed by atoms with Crippen LogP contribution < -0.4 is 0 Å². The molecule has 0 fully saturated rings. The molecule has 0 aliphatic heterocycles. The van der Waals surface area contributed by atoms with E-state index in [-0.39, 0.29) is 0 Å². The van der Waals surface area contributed by atoms with Gasteiger partial charge in [0, 0.05) is 0 Å². The maximum atomic E-state index is 2.52. The Morgan fingerprint density at radius 3 is 1.86 bits per heavy atom. The van der Waals surface area contributed by atoms with Crippen molar-refractivity contribution in [3.63, 3.8) is 0 Å². The largest absolute Gasteiger partial charge is 0.0619 e. The van der Waals surface area contributed by atoms with Crippen LogP contribution in [0.15, 0.2) is 108 Å². The van der Waals surface area contributed by atoms with Gasteiger partial charge < -0.3 is 0 Å². The van der Waals surface area contributed by atoms with Gasteiger partial charge in [0.15, 0.2) is 0 Å². The summed E-state index contributed by atoms with van der Waals surface area (Å²) in [4.78, 5) is 0. The van der Waals surface area contributed by atoms with Crippen LogP contribution in [0.25, 0.3) is 34.1 Å². The standard InChI is InChI=1S/C37H28/c1-2-8-28-17-25(16-27(28)7-1)15-24-13-14-31-22-36-34-12-6-5-11-33(34)32(23-37(36)35(31)21-24)20-26-18-29-9-3-4-10-30(29)19-26/h1-14,16,18,21,23H,15,17,19-20,22H2. The minimum atomic E-state index is 1.02. The van der Waals surface area contributed by atoms with Crippen molar-refractivity contribution in [3.05, 3.63) is 153 Å². The average Bonchev–Trinajstić information content (AvgIpc) is 3.63. The topological polar surface area (TPSA) is 0 Å². The first-order valence-corrected chi connectivity index (χ1v) is 13.5. The zero-order chi connectivity index (χ0) is 24.3. The minimum Gasteiger partial charge on any atom is -0.0619 e. The lowest BCUT2D eigenvalue weighted by atomic mass is 9.91. The van der Waals surface area contributed by atoms with Crippen molar-refractivity contribution in [1.29, 1.82) is 0 Å². The van der Waals surface area contributed by atoms with Crippen molar-refractivity contribution in [2.24, 2.45) is 0 Å². The molecule has 0 unspecified atom stereocenters. The van der Waals surface area contributed by atoms with Crippen molar-refractivity contribution < 1.29 is 0 Å². The third-order valence-corrected chi connectivity index (χ3v) is 8.59. The van der Waals surface area contributed by atoms with Gasteiger partial charge in [-0.15, -0.1) is 0 Å². The molecule has 0 saturated carbocycles. The van der Waals surface area contributed by atoms with Gasteiger partial charge in [-0.25, -0.2) is 0 Å². The highest BCUT2D eigenvalue weighted by Gasteiger charge is 2.24. The van der Waals surface area contributed by atoms with E-state index in [1.165, 1.54) is 77.6 Å². The van der Waals surface area contributed by atoms with Crippen molar-refractivity contribution in [1.82, 2.24) is 0 Å². The van der Waals surface area contributed by atoms with E-state index in [4.69, 9.17) is 0 Å². The molecule has 0 nitrogen and oxygen atoms in total. The summed E-state index contributed by atoms with van der Waals surface area (Å²) in [5.41, 5.74) is 17.5. The summed E-state index contributed by atoms with van der Waals surface area (Å²) in [7, 11) is 0. The Morgan fingerprint density at radius 1 is 0.486 bits per heavy atom. The predicted octanol–water partition coefficient (Wildman–Crippen LogP) is 8.78. The highest BCUT2D eigenvalue weighted by Crippen LogP contribution is 2.43. The number of hydrogen-bond acceptors (Lipinski definition) is 0. The Kier molecular flexibility index (Phi) is 4.64.